The molecule has 0 atom stereocenters. The van der Waals surface area contributed by atoms with Crippen molar-refractivity contribution in [3.05, 3.63) is 0 Å². The van der Waals surface area contributed by atoms with Gasteiger partial charge in [-0.3, -0.25) is 8.98 Å². The fourth-order valence-corrected chi connectivity index (χ4v) is 3.09. The van der Waals surface area contributed by atoms with Crippen LogP contribution in [0.3, 0.4) is 0 Å². The first-order valence-corrected chi connectivity index (χ1v) is 10.7. The van der Waals surface area contributed by atoms with Gasteiger partial charge in [0.15, 0.2) is 0 Å². The van der Waals surface area contributed by atoms with Crippen LogP contribution in [0.15, 0.2) is 0 Å². The zero-order valence-corrected chi connectivity index (χ0v) is 15.9. The van der Waals surface area contributed by atoms with Gasteiger partial charge in [-0.15, -0.1) is 0 Å². The number of carboxylic acid groups (broad SMARTS) is 1. The van der Waals surface area contributed by atoms with Gasteiger partial charge in [-0.2, -0.15) is 0 Å². The monoisotopic (exact) mass is 364 g/mol. The highest BCUT2D eigenvalue weighted by Gasteiger charge is 1.97. The third-order valence-electron chi connectivity index (χ3n) is 4.23. The lowest BCUT2D eigenvalue weighted by Crippen LogP contribution is -1.93. The second kappa shape index (κ2) is 18.7. The maximum atomic E-state index is 10.4. The molecular weight excluding hydrogens is 328 g/mol. The summed E-state index contributed by atoms with van der Waals surface area (Å²) in [5.74, 6) is -0.679. The first kappa shape index (κ1) is 23.4. The van der Waals surface area contributed by atoms with Gasteiger partial charge in [-0.05, 0) is 12.8 Å². The Kier molecular flexibility index (Phi) is 18.2. The molecule has 0 aliphatic carbocycles. The van der Waals surface area contributed by atoms with E-state index in [1.807, 2.05) is 0 Å². The molecule has 144 valence electrons. The molecule has 0 radical (unpaired) electrons. The molecule has 0 rings (SSSR count). The first-order valence-electron chi connectivity index (χ1n) is 9.62. The number of carboxylic acids is 1. The van der Waals surface area contributed by atoms with Crippen molar-refractivity contribution in [3.8, 4) is 0 Å². The Balaban J connectivity index is 3.01. The molecule has 0 fully saturated rings. The van der Waals surface area contributed by atoms with E-state index in [2.05, 4.69) is 4.18 Å². The number of rotatable bonds is 19. The number of aliphatic carboxylic acids is 1. The number of hydrogen-bond acceptors (Lipinski definition) is 4. The number of thiol groups is 1. The van der Waals surface area contributed by atoms with Crippen LogP contribution in [0.5, 0.6) is 0 Å². The van der Waals surface area contributed by atoms with E-state index in [9.17, 15) is 13.2 Å². The lowest BCUT2D eigenvalue weighted by Gasteiger charge is -2.03. The standard InChI is InChI=1S/C18H36O5S/c19-18(20)16-14-12-10-8-6-4-2-1-3-5-7-9-11-13-15-17-23-24(21)22/h24H,1-17H2,(H,19,20). The summed E-state index contributed by atoms with van der Waals surface area (Å²) < 4.78 is 24.9. The van der Waals surface area contributed by atoms with Crippen LogP contribution in [0.25, 0.3) is 0 Å². The highest BCUT2D eigenvalue weighted by molar-refractivity contribution is 7.67. The van der Waals surface area contributed by atoms with Gasteiger partial charge < -0.3 is 5.11 Å². The quantitative estimate of drug-likeness (QED) is 0.253. The van der Waals surface area contributed by atoms with E-state index in [1.54, 1.807) is 0 Å². The number of carbonyl (C=O) groups is 1. The van der Waals surface area contributed by atoms with Crippen LogP contribution in [0.1, 0.15) is 103 Å². The average molecular weight is 365 g/mol. The van der Waals surface area contributed by atoms with Crippen LogP contribution in [0.4, 0.5) is 0 Å². The van der Waals surface area contributed by atoms with Crippen LogP contribution in [-0.4, -0.2) is 26.1 Å². The molecule has 0 heterocycles. The van der Waals surface area contributed by atoms with Crippen LogP contribution >= 0.6 is 0 Å². The maximum absolute atomic E-state index is 10.4. The van der Waals surface area contributed by atoms with Gasteiger partial charge in [0.2, 0.25) is 0 Å². The van der Waals surface area contributed by atoms with Crippen molar-refractivity contribution in [3.63, 3.8) is 0 Å². The minimum atomic E-state index is -2.67. The molecule has 5 nitrogen and oxygen atoms in total. The van der Waals surface area contributed by atoms with E-state index in [0.29, 0.717) is 13.0 Å². The van der Waals surface area contributed by atoms with Gasteiger partial charge in [-0.25, -0.2) is 8.42 Å². The number of unbranched alkanes of at least 4 members (excludes halogenated alkanes) is 14. The molecule has 0 aromatic heterocycles. The predicted octanol–water partition coefficient (Wildman–Crippen LogP) is 4.86. The maximum Gasteiger partial charge on any atom is 0.303 e. The minimum Gasteiger partial charge on any atom is -0.481 e. The van der Waals surface area contributed by atoms with Crippen LogP contribution in [0.2, 0.25) is 0 Å². The lowest BCUT2D eigenvalue weighted by molar-refractivity contribution is -0.137. The lowest BCUT2D eigenvalue weighted by atomic mass is 10.0. The van der Waals surface area contributed by atoms with Crippen LogP contribution < -0.4 is 0 Å². The Morgan fingerprint density at radius 2 is 0.958 bits per heavy atom. The zero-order valence-electron chi connectivity index (χ0n) is 15.0. The van der Waals surface area contributed by atoms with Gasteiger partial charge in [0.05, 0.1) is 6.61 Å². The normalized spacial score (nSPS) is 11.2. The van der Waals surface area contributed by atoms with E-state index in [4.69, 9.17) is 5.11 Å². The predicted molar refractivity (Wildman–Crippen MR) is 97.8 cm³/mol. The molecule has 0 unspecified atom stereocenters. The Bertz CT molecular complexity index is 347. The van der Waals surface area contributed by atoms with Crippen LogP contribution in [-0.2, 0) is 20.0 Å². The fraction of sp³-hybridized carbons (Fsp3) is 0.944. The molecule has 0 amide bonds. The highest BCUT2D eigenvalue weighted by atomic mass is 32.2. The highest BCUT2D eigenvalue weighted by Crippen LogP contribution is 2.13. The third kappa shape index (κ3) is 21.4. The second-order valence-corrected chi connectivity index (χ2v) is 7.21. The molecule has 0 aliphatic heterocycles. The summed E-state index contributed by atoms with van der Waals surface area (Å²) in [6, 6.07) is 0. The fourth-order valence-electron chi connectivity index (χ4n) is 2.82. The van der Waals surface area contributed by atoms with Crippen molar-refractivity contribution in [2.45, 2.75) is 103 Å². The Hall–Kier alpha value is -0.620. The summed E-state index contributed by atoms with van der Waals surface area (Å²) >= 11 is 0. The average Bonchev–Trinajstić information content (AvgIpc) is 2.53. The molecule has 0 aromatic carbocycles. The minimum absolute atomic E-state index is 0.315. The van der Waals surface area contributed by atoms with Gasteiger partial charge in [0, 0.05) is 6.42 Å². The van der Waals surface area contributed by atoms with E-state index in [1.165, 1.54) is 70.6 Å². The van der Waals surface area contributed by atoms with Crippen molar-refractivity contribution in [2.75, 3.05) is 6.61 Å². The van der Waals surface area contributed by atoms with E-state index < -0.39 is 17.0 Å². The van der Waals surface area contributed by atoms with E-state index >= 15 is 0 Å². The van der Waals surface area contributed by atoms with Gasteiger partial charge in [-0.1, -0.05) is 83.5 Å². The SMILES string of the molecule is O=C(O)CCCCCCCCCCCCCCCCCO[SH](=O)=O. The topological polar surface area (TPSA) is 80.7 Å². The number of hydrogen-bond donors (Lipinski definition) is 2. The molecule has 24 heavy (non-hydrogen) atoms. The molecule has 0 aromatic rings. The second-order valence-electron chi connectivity index (χ2n) is 6.50. The van der Waals surface area contributed by atoms with Crippen LogP contribution in [0, 0.1) is 0 Å². The smallest absolute Gasteiger partial charge is 0.303 e. The van der Waals surface area contributed by atoms with Crippen molar-refractivity contribution in [1.82, 2.24) is 0 Å². The molecule has 6 heteroatoms. The summed E-state index contributed by atoms with van der Waals surface area (Å²) in [5, 5.41) is 8.53. The van der Waals surface area contributed by atoms with Gasteiger partial charge in [0.1, 0.15) is 0 Å². The van der Waals surface area contributed by atoms with Crippen molar-refractivity contribution >= 4 is 17.0 Å². The van der Waals surface area contributed by atoms with Crippen molar-refractivity contribution < 1.29 is 22.5 Å². The summed E-state index contributed by atoms with van der Waals surface area (Å²) in [7, 11) is -2.67. The Morgan fingerprint density at radius 3 is 1.29 bits per heavy atom. The molecule has 1 N–H and O–H groups in total. The molecular formula is C18H36O5S. The molecule has 0 saturated carbocycles. The first-order chi connectivity index (χ1) is 11.6. The van der Waals surface area contributed by atoms with Crippen molar-refractivity contribution in [2.24, 2.45) is 0 Å². The zero-order chi connectivity index (χ0) is 17.9. The van der Waals surface area contributed by atoms with E-state index in [0.717, 1.165) is 25.7 Å². The Morgan fingerprint density at radius 1 is 0.625 bits per heavy atom. The Labute approximate surface area is 149 Å². The summed E-state index contributed by atoms with van der Waals surface area (Å²) in [5.41, 5.74) is 0. The van der Waals surface area contributed by atoms with Gasteiger partial charge >= 0.3 is 5.97 Å². The summed E-state index contributed by atoms with van der Waals surface area (Å²) in [4.78, 5) is 10.4. The molecule has 0 bridgehead atoms. The molecule has 0 aliphatic rings. The van der Waals surface area contributed by atoms with Crippen molar-refractivity contribution in [1.29, 1.82) is 0 Å². The molecule has 0 saturated heterocycles. The largest absolute Gasteiger partial charge is 0.481 e. The third-order valence-corrected chi connectivity index (χ3v) is 4.63. The summed E-state index contributed by atoms with van der Waals surface area (Å²) in [6.07, 6.45) is 18.0. The summed E-state index contributed by atoms with van der Waals surface area (Å²) in [6.45, 7) is 0.332. The van der Waals surface area contributed by atoms with E-state index in [-0.39, 0.29) is 0 Å². The molecule has 0 spiro atoms. The van der Waals surface area contributed by atoms with Gasteiger partial charge in [0.25, 0.3) is 11.0 Å².